The van der Waals surface area contributed by atoms with Gasteiger partial charge in [0.1, 0.15) is 4.75 Å². The second-order valence-electron chi connectivity index (χ2n) is 8.70. The molecule has 0 aromatic heterocycles. The van der Waals surface area contributed by atoms with E-state index in [9.17, 15) is 13.2 Å². The van der Waals surface area contributed by atoms with Crippen molar-refractivity contribution in [1.82, 2.24) is 0 Å². The van der Waals surface area contributed by atoms with E-state index in [2.05, 4.69) is 0 Å². The highest BCUT2D eigenvalue weighted by atomic mass is 35.5. The number of Topliss-reactive ketones (excluding diaryl/α,β-unsaturated/α-hetero) is 1. The Kier molecular flexibility index (Phi) is 5.77. The Morgan fingerprint density at radius 2 is 1.53 bits per heavy atom. The zero-order valence-corrected chi connectivity index (χ0v) is 20.4. The fourth-order valence-corrected chi connectivity index (χ4v) is 6.71. The Hall–Kier alpha value is -1.62. The molecule has 1 aliphatic heterocycles. The van der Waals surface area contributed by atoms with Gasteiger partial charge in [-0.05, 0) is 81.5 Å². The van der Waals surface area contributed by atoms with Crippen LogP contribution in [0, 0.1) is 0 Å². The molecule has 1 aliphatic rings. The summed E-state index contributed by atoms with van der Waals surface area (Å²) in [6.07, 6.45) is 0.710. The number of hydrogen-bond acceptors (Lipinski definition) is 3. The maximum Gasteiger partial charge on any atom is 0.184 e. The molecule has 0 unspecified atom stereocenters. The van der Waals surface area contributed by atoms with Crippen molar-refractivity contribution in [2.75, 3.05) is 0 Å². The van der Waals surface area contributed by atoms with Gasteiger partial charge in [0.2, 0.25) is 0 Å². The van der Waals surface area contributed by atoms with Gasteiger partial charge in [-0.1, -0.05) is 48.3 Å². The van der Waals surface area contributed by atoms with Gasteiger partial charge in [0.05, 0.1) is 4.75 Å². The Balaban J connectivity index is 2.35. The third-order valence-electron chi connectivity index (χ3n) is 6.40. The fraction of sp³-hybridized carbons (Fsp3) is 0.375. The van der Waals surface area contributed by atoms with Gasteiger partial charge in [-0.3, -0.25) is 4.79 Å². The Bertz CT molecular complexity index is 1190. The molecule has 3 nitrogen and oxygen atoms in total. The second-order valence-corrected chi connectivity index (χ2v) is 12.6. The molecule has 3 rings (SSSR count). The number of sulfone groups is 1. The van der Waals surface area contributed by atoms with Crippen LogP contribution in [-0.4, -0.2) is 23.7 Å². The summed E-state index contributed by atoms with van der Waals surface area (Å²) in [7, 11) is -3.72. The van der Waals surface area contributed by atoms with Crippen LogP contribution in [0.4, 0.5) is 0 Å². The summed E-state index contributed by atoms with van der Waals surface area (Å²) in [6.45, 7) is 10.1. The molecule has 160 valence electrons. The molecule has 0 amide bonds. The van der Waals surface area contributed by atoms with E-state index in [4.69, 9.17) is 23.2 Å². The number of carbonyl (C=O) groups excluding carboxylic acids is 1. The van der Waals surface area contributed by atoms with E-state index in [0.717, 1.165) is 22.3 Å². The molecular formula is C24H26Cl2O3S. The number of carbonyl (C=O) groups is 1. The van der Waals surface area contributed by atoms with Gasteiger partial charge < -0.3 is 0 Å². The van der Waals surface area contributed by atoms with Crippen LogP contribution < -0.4 is 0 Å². The van der Waals surface area contributed by atoms with E-state index in [1.807, 2.05) is 31.2 Å². The molecule has 0 saturated heterocycles. The summed E-state index contributed by atoms with van der Waals surface area (Å²) in [5, 5.41) is 1.06. The van der Waals surface area contributed by atoms with E-state index in [0.29, 0.717) is 27.6 Å². The van der Waals surface area contributed by atoms with Crippen molar-refractivity contribution in [3.63, 3.8) is 0 Å². The van der Waals surface area contributed by atoms with Crippen molar-refractivity contribution in [2.24, 2.45) is 0 Å². The summed E-state index contributed by atoms with van der Waals surface area (Å²) in [5.74, 6) is -0.367. The molecule has 1 heterocycles. The summed E-state index contributed by atoms with van der Waals surface area (Å²) in [6, 6.07) is 11.2. The summed E-state index contributed by atoms with van der Waals surface area (Å²) < 4.78 is 23.7. The van der Waals surface area contributed by atoms with Crippen LogP contribution in [0.2, 0.25) is 10.0 Å². The summed E-state index contributed by atoms with van der Waals surface area (Å²) in [5.41, 5.74) is 4.46. The number of allylic oxidation sites excluding steroid dienone is 1. The molecule has 6 heteroatoms. The van der Waals surface area contributed by atoms with Gasteiger partial charge in [-0.15, -0.1) is 0 Å². The molecule has 30 heavy (non-hydrogen) atoms. The van der Waals surface area contributed by atoms with E-state index in [1.165, 1.54) is 13.8 Å². The Labute approximate surface area is 189 Å². The van der Waals surface area contributed by atoms with E-state index >= 15 is 0 Å². The van der Waals surface area contributed by atoms with Crippen LogP contribution >= 0.6 is 23.2 Å². The number of aryl methyl sites for hydroxylation is 1. The van der Waals surface area contributed by atoms with Gasteiger partial charge in [0.25, 0.3) is 0 Å². The number of ketones is 1. The average Bonchev–Trinajstić information content (AvgIpc) is 2.66. The first-order valence-electron chi connectivity index (χ1n) is 9.86. The molecule has 0 N–H and O–H groups in total. The lowest BCUT2D eigenvalue weighted by Gasteiger charge is -2.41. The highest BCUT2D eigenvalue weighted by molar-refractivity contribution is 7.95. The zero-order valence-electron chi connectivity index (χ0n) is 18.1. The van der Waals surface area contributed by atoms with Crippen LogP contribution in [0.15, 0.2) is 42.0 Å². The highest BCUT2D eigenvalue weighted by Crippen LogP contribution is 2.47. The molecule has 0 radical (unpaired) electrons. The minimum absolute atomic E-state index is 0.367. The van der Waals surface area contributed by atoms with Gasteiger partial charge in [-0.2, -0.15) is 0 Å². The number of benzene rings is 2. The molecule has 2 aromatic rings. The fourth-order valence-electron chi connectivity index (χ4n) is 4.07. The molecular weight excluding hydrogens is 439 g/mol. The lowest BCUT2D eigenvalue weighted by atomic mass is 9.82. The Morgan fingerprint density at radius 1 is 0.900 bits per heavy atom. The van der Waals surface area contributed by atoms with Gasteiger partial charge >= 0.3 is 0 Å². The maximum absolute atomic E-state index is 13.5. The van der Waals surface area contributed by atoms with E-state index in [1.54, 1.807) is 32.9 Å². The molecule has 2 aromatic carbocycles. The largest absolute Gasteiger partial charge is 0.292 e. The molecule has 0 saturated carbocycles. The number of halogens is 2. The van der Waals surface area contributed by atoms with Crippen LogP contribution in [0.1, 0.15) is 52.7 Å². The standard InChI is InChI=1S/C24H26Cl2O3S/c1-7-15-8-9-16(18-11-10-17(25)13-20(18)26)12-19(15)21-14(2)23(3,4)30(28,29)24(5,6)22(21)27/h8-13H,7H2,1-6H3. The molecule has 0 aliphatic carbocycles. The molecule has 0 spiro atoms. The van der Waals surface area contributed by atoms with Crippen LogP contribution in [0.5, 0.6) is 0 Å². The lowest BCUT2D eigenvalue weighted by molar-refractivity contribution is -0.115. The highest BCUT2D eigenvalue weighted by Gasteiger charge is 2.56. The van der Waals surface area contributed by atoms with Crippen molar-refractivity contribution in [3.8, 4) is 11.1 Å². The van der Waals surface area contributed by atoms with Crippen LogP contribution in [-0.2, 0) is 21.1 Å². The smallest absolute Gasteiger partial charge is 0.184 e. The second kappa shape index (κ2) is 7.51. The van der Waals surface area contributed by atoms with Crippen molar-refractivity contribution in [3.05, 3.63) is 63.1 Å². The first kappa shape index (κ1) is 23.1. The maximum atomic E-state index is 13.5. The minimum Gasteiger partial charge on any atom is -0.292 e. The molecule has 0 fully saturated rings. The number of hydrogen-bond donors (Lipinski definition) is 0. The molecule has 0 bridgehead atoms. The van der Waals surface area contributed by atoms with Crippen molar-refractivity contribution in [1.29, 1.82) is 0 Å². The van der Waals surface area contributed by atoms with Crippen LogP contribution in [0.3, 0.4) is 0 Å². The predicted octanol–water partition coefficient (Wildman–Crippen LogP) is 6.55. The first-order valence-corrected chi connectivity index (χ1v) is 12.1. The van der Waals surface area contributed by atoms with Gasteiger partial charge in [0, 0.05) is 21.2 Å². The summed E-state index contributed by atoms with van der Waals surface area (Å²) in [4.78, 5) is 13.5. The third kappa shape index (κ3) is 3.24. The minimum atomic E-state index is -3.72. The lowest BCUT2D eigenvalue weighted by Crippen LogP contribution is -2.55. The normalized spacial score (nSPS) is 19.8. The van der Waals surface area contributed by atoms with Gasteiger partial charge in [0.15, 0.2) is 15.6 Å². The Morgan fingerprint density at radius 3 is 2.10 bits per heavy atom. The topological polar surface area (TPSA) is 51.2 Å². The average molecular weight is 465 g/mol. The third-order valence-corrected chi connectivity index (χ3v) is 10.1. The monoisotopic (exact) mass is 464 g/mol. The molecule has 0 atom stereocenters. The number of rotatable bonds is 3. The van der Waals surface area contributed by atoms with Crippen molar-refractivity contribution >= 4 is 44.4 Å². The van der Waals surface area contributed by atoms with E-state index < -0.39 is 19.3 Å². The summed E-state index contributed by atoms with van der Waals surface area (Å²) >= 11 is 12.5. The van der Waals surface area contributed by atoms with Gasteiger partial charge in [-0.25, -0.2) is 8.42 Å². The van der Waals surface area contributed by atoms with Crippen molar-refractivity contribution in [2.45, 2.75) is 57.5 Å². The SMILES string of the molecule is CCc1ccc(-c2ccc(Cl)cc2Cl)cc1C1=C(C)C(C)(C)S(=O)(=O)C(C)(C)C1=O. The van der Waals surface area contributed by atoms with Crippen LogP contribution in [0.25, 0.3) is 16.7 Å². The van der Waals surface area contributed by atoms with Crippen molar-refractivity contribution < 1.29 is 13.2 Å². The quantitative estimate of drug-likeness (QED) is 0.517. The first-order chi connectivity index (χ1) is 13.8. The van der Waals surface area contributed by atoms with E-state index in [-0.39, 0.29) is 5.78 Å². The zero-order chi connectivity index (χ0) is 22.6. The predicted molar refractivity (Wildman–Crippen MR) is 126 cm³/mol.